The van der Waals surface area contributed by atoms with E-state index in [4.69, 9.17) is 0 Å². The average Bonchev–Trinajstić information content (AvgIpc) is 2.49. The second-order valence-corrected chi connectivity index (χ2v) is 5.90. The van der Waals surface area contributed by atoms with Crippen molar-refractivity contribution >= 4 is 5.69 Å². The summed E-state index contributed by atoms with van der Waals surface area (Å²) in [5.41, 5.74) is 2.44. The smallest absolute Gasteiger partial charge is 0.123 e. The first-order valence-corrected chi connectivity index (χ1v) is 7.19. The molecule has 1 unspecified atom stereocenters. The van der Waals surface area contributed by atoms with Crippen LogP contribution in [-0.4, -0.2) is 11.7 Å². The van der Waals surface area contributed by atoms with Crippen LogP contribution in [0.25, 0.3) is 0 Å². The molecule has 0 fully saturated rings. The van der Waals surface area contributed by atoms with Crippen molar-refractivity contribution in [1.82, 2.24) is 0 Å². The zero-order chi connectivity index (χ0) is 15.5. The van der Waals surface area contributed by atoms with Crippen LogP contribution in [0.1, 0.15) is 37.8 Å². The molecule has 2 aromatic rings. The largest absolute Gasteiger partial charge is 0.394 e. The van der Waals surface area contributed by atoms with Gasteiger partial charge in [0.2, 0.25) is 0 Å². The molecule has 0 spiro atoms. The van der Waals surface area contributed by atoms with Gasteiger partial charge in [0.1, 0.15) is 5.82 Å². The molecule has 1 atom stereocenters. The molecule has 0 saturated heterocycles. The third kappa shape index (κ3) is 3.61. The van der Waals surface area contributed by atoms with Crippen molar-refractivity contribution < 1.29 is 9.50 Å². The van der Waals surface area contributed by atoms with Crippen molar-refractivity contribution in [1.29, 1.82) is 0 Å². The lowest BCUT2D eigenvalue weighted by Crippen LogP contribution is -2.35. The van der Waals surface area contributed by atoms with E-state index in [9.17, 15) is 9.50 Å². The fourth-order valence-electron chi connectivity index (χ4n) is 2.29. The van der Waals surface area contributed by atoms with Crippen molar-refractivity contribution in [3.05, 3.63) is 65.5 Å². The Morgan fingerprint density at radius 1 is 1.05 bits per heavy atom. The van der Waals surface area contributed by atoms with E-state index in [0.717, 1.165) is 11.3 Å². The van der Waals surface area contributed by atoms with Crippen molar-refractivity contribution in [3.8, 4) is 0 Å². The second kappa shape index (κ2) is 6.27. The number of benzene rings is 2. The molecule has 112 valence electrons. The first-order valence-electron chi connectivity index (χ1n) is 7.19. The van der Waals surface area contributed by atoms with Gasteiger partial charge in [-0.3, -0.25) is 0 Å². The lowest BCUT2D eigenvalue weighted by molar-refractivity contribution is 0.224. The van der Waals surface area contributed by atoms with Crippen molar-refractivity contribution in [2.75, 3.05) is 11.9 Å². The van der Waals surface area contributed by atoms with Crippen LogP contribution in [-0.2, 0) is 5.54 Å². The first-order chi connectivity index (χ1) is 9.94. The normalized spacial score (nSPS) is 14.0. The van der Waals surface area contributed by atoms with Crippen LogP contribution in [0, 0.1) is 5.82 Å². The number of aliphatic hydroxyl groups is 1. The molecule has 0 aromatic heterocycles. The van der Waals surface area contributed by atoms with E-state index in [1.54, 1.807) is 12.1 Å². The molecule has 2 N–H and O–H groups in total. The number of hydrogen-bond acceptors (Lipinski definition) is 2. The fourth-order valence-corrected chi connectivity index (χ4v) is 2.29. The summed E-state index contributed by atoms with van der Waals surface area (Å²) in [4.78, 5) is 0. The lowest BCUT2D eigenvalue weighted by Gasteiger charge is -2.31. The molecule has 0 radical (unpaired) electrons. The van der Waals surface area contributed by atoms with Gasteiger partial charge in [0.25, 0.3) is 0 Å². The van der Waals surface area contributed by atoms with Gasteiger partial charge in [-0.05, 0) is 48.2 Å². The second-order valence-electron chi connectivity index (χ2n) is 5.90. The van der Waals surface area contributed by atoms with E-state index >= 15 is 0 Å². The molecular formula is C18H22FNO. The summed E-state index contributed by atoms with van der Waals surface area (Å²) in [7, 11) is 0. The Bertz CT molecular complexity index is 577. The maximum Gasteiger partial charge on any atom is 0.123 e. The minimum Gasteiger partial charge on any atom is -0.394 e. The Balaban J connectivity index is 2.25. The summed E-state index contributed by atoms with van der Waals surface area (Å²) < 4.78 is 13.0. The molecule has 0 amide bonds. The molecule has 0 saturated carbocycles. The summed E-state index contributed by atoms with van der Waals surface area (Å²) in [6.45, 7) is 6.18. The minimum absolute atomic E-state index is 0.0502. The fraction of sp³-hybridized carbons (Fsp3) is 0.333. The molecule has 2 nitrogen and oxygen atoms in total. The van der Waals surface area contributed by atoms with Crippen LogP contribution in [0.4, 0.5) is 10.1 Å². The van der Waals surface area contributed by atoms with Crippen molar-refractivity contribution in [2.24, 2.45) is 0 Å². The van der Waals surface area contributed by atoms with E-state index in [1.807, 2.05) is 19.1 Å². The molecule has 2 rings (SSSR count). The van der Waals surface area contributed by atoms with Gasteiger partial charge in [-0.25, -0.2) is 4.39 Å². The zero-order valence-electron chi connectivity index (χ0n) is 12.7. The molecule has 0 aliphatic heterocycles. The summed E-state index contributed by atoms with van der Waals surface area (Å²) in [5, 5.41) is 13.1. The number of hydrogen-bond donors (Lipinski definition) is 2. The number of aliphatic hydroxyl groups excluding tert-OH is 1. The monoisotopic (exact) mass is 287 g/mol. The van der Waals surface area contributed by atoms with E-state index in [1.165, 1.54) is 17.7 Å². The summed E-state index contributed by atoms with van der Waals surface area (Å²) >= 11 is 0. The highest BCUT2D eigenvalue weighted by Crippen LogP contribution is 2.27. The van der Waals surface area contributed by atoms with Gasteiger partial charge in [0.15, 0.2) is 0 Å². The van der Waals surface area contributed by atoms with Gasteiger partial charge in [0, 0.05) is 5.69 Å². The van der Waals surface area contributed by atoms with Crippen LogP contribution >= 0.6 is 0 Å². The van der Waals surface area contributed by atoms with Crippen LogP contribution < -0.4 is 5.32 Å². The Labute approximate surface area is 125 Å². The predicted octanol–water partition coefficient (Wildman–Crippen LogP) is 4.27. The van der Waals surface area contributed by atoms with Gasteiger partial charge in [-0.1, -0.05) is 38.1 Å². The van der Waals surface area contributed by atoms with Gasteiger partial charge in [0.05, 0.1) is 12.1 Å². The molecule has 3 heteroatoms. The Kier molecular flexibility index (Phi) is 4.63. The molecule has 21 heavy (non-hydrogen) atoms. The Morgan fingerprint density at radius 2 is 1.62 bits per heavy atom. The quantitative estimate of drug-likeness (QED) is 0.860. The third-order valence-corrected chi connectivity index (χ3v) is 3.80. The van der Waals surface area contributed by atoms with Crippen LogP contribution in [0.2, 0.25) is 0 Å². The van der Waals surface area contributed by atoms with Gasteiger partial charge in [-0.2, -0.15) is 0 Å². The number of rotatable bonds is 5. The maximum atomic E-state index is 13.0. The third-order valence-electron chi connectivity index (χ3n) is 3.80. The SMILES string of the molecule is CC(C)c1ccc(C(C)(CO)Nc2ccc(F)cc2)cc1. The molecule has 0 bridgehead atoms. The zero-order valence-corrected chi connectivity index (χ0v) is 12.7. The Hall–Kier alpha value is -1.87. The highest BCUT2D eigenvalue weighted by molar-refractivity contribution is 5.48. The summed E-state index contributed by atoms with van der Waals surface area (Å²) in [6, 6.07) is 14.4. The average molecular weight is 287 g/mol. The van der Waals surface area contributed by atoms with Gasteiger partial charge >= 0.3 is 0 Å². The predicted molar refractivity (Wildman–Crippen MR) is 85.0 cm³/mol. The number of halogens is 1. The highest BCUT2D eigenvalue weighted by atomic mass is 19.1. The van der Waals surface area contributed by atoms with Crippen molar-refractivity contribution in [2.45, 2.75) is 32.2 Å². The highest BCUT2D eigenvalue weighted by Gasteiger charge is 2.25. The summed E-state index contributed by atoms with van der Waals surface area (Å²) in [6.07, 6.45) is 0. The van der Waals surface area contributed by atoms with E-state index < -0.39 is 5.54 Å². The topological polar surface area (TPSA) is 32.3 Å². The molecule has 0 aliphatic rings. The minimum atomic E-state index is -0.604. The molecule has 0 heterocycles. The van der Waals surface area contributed by atoms with Crippen LogP contribution in [0.15, 0.2) is 48.5 Å². The van der Waals surface area contributed by atoms with E-state index in [0.29, 0.717) is 5.92 Å². The Morgan fingerprint density at radius 3 is 2.10 bits per heavy atom. The van der Waals surface area contributed by atoms with Crippen LogP contribution in [0.3, 0.4) is 0 Å². The molecular weight excluding hydrogens is 265 g/mol. The van der Waals surface area contributed by atoms with Gasteiger partial charge in [-0.15, -0.1) is 0 Å². The van der Waals surface area contributed by atoms with E-state index in [-0.39, 0.29) is 12.4 Å². The molecule has 0 aliphatic carbocycles. The number of anilines is 1. The maximum absolute atomic E-state index is 13.0. The lowest BCUT2D eigenvalue weighted by atomic mass is 9.90. The van der Waals surface area contributed by atoms with Gasteiger partial charge < -0.3 is 10.4 Å². The van der Waals surface area contributed by atoms with Crippen molar-refractivity contribution in [3.63, 3.8) is 0 Å². The number of nitrogens with one attached hydrogen (secondary N) is 1. The summed E-state index contributed by atoms with van der Waals surface area (Å²) in [5.74, 6) is 0.206. The van der Waals surface area contributed by atoms with Crippen LogP contribution in [0.5, 0.6) is 0 Å². The first kappa shape index (κ1) is 15.5. The van der Waals surface area contributed by atoms with E-state index in [2.05, 4.69) is 31.3 Å². The standard InChI is InChI=1S/C18H22FNO/c1-13(2)14-4-6-15(7-5-14)18(3,12-21)20-17-10-8-16(19)9-11-17/h4-11,13,20-21H,12H2,1-3H3. The molecule has 2 aromatic carbocycles.